The second-order valence-electron chi connectivity index (χ2n) is 4.24. The first-order valence-electron chi connectivity index (χ1n) is 5.32. The summed E-state index contributed by atoms with van der Waals surface area (Å²) in [5, 5.41) is 8.04. The molecule has 0 radical (unpaired) electrons. The van der Waals surface area contributed by atoms with Gasteiger partial charge in [0.2, 0.25) is 0 Å². The number of anilines is 1. The standard InChI is InChI=1S/C11H12FNO4S/c1-7-5-13(6-11(14)15)9-3-2-8(12)4-10(9)18(7,16)17/h2-4,7H,5-6H2,1H3,(H,14,15). The number of carbonyl (C=O) groups is 1. The van der Waals surface area contributed by atoms with E-state index in [0.29, 0.717) is 0 Å². The molecule has 5 nitrogen and oxygen atoms in total. The van der Waals surface area contributed by atoms with Gasteiger partial charge in [-0.3, -0.25) is 4.79 Å². The lowest BCUT2D eigenvalue weighted by Gasteiger charge is -2.33. The van der Waals surface area contributed by atoms with Gasteiger partial charge in [0, 0.05) is 6.54 Å². The van der Waals surface area contributed by atoms with Crippen LogP contribution in [-0.4, -0.2) is 37.8 Å². The number of carboxylic acid groups (broad SMARTS) is 1. The van der Waals surface area contributed by atoms with E-state index in [1.165, 1.54) is 17.9 Å². The summed E-state index contributed by atoms with van der Waals surface area (Å²) in [6.07, 6.45) is 0. The molecule has 1 unspecified atom stereocenters. The fourth-order valence-electron chi connectivity index (χ4n) is 2.01. The van der Waals surface area contributed by atoms with E-state index in [2.05, 4.69) is 0 Å². The maximum absolute atomic E-state index is 13.2. The van der Waals surface area contributed by atoms with Gasteiger partial charge in [0.05, 0.1) is 15.8 Å². The summed E-state index contributed by atoms with van der Waals surface area (Å²) in [7, 11) is -3.59. The molecule has 0 saturated carbocycles. The van der Waals surface area contributed by atoms with Crippen molar-refractivity contribution >= 4 is 21.5 Å². The zero-order valence-corrected chi connectivity index (χ0v) is 10.4. The average Bonchev–Trinajstić information content (AvgIpc) is 2.25. The number of hydrogen-bond donors (Lipinski definition) is 1. The predicted octanol–water partition coefficient (Wildman–Crippen LogP) is 0.893. The van der Waals surface area contributed by atoms with Crippen molar-refractivity contribution in [2.24, 2.45) is 0 Å². The number of nitrogens with zero attached hydrogens (tertiary/aromatic N) is 1. The van der Waals surface area contributed by atoms with Crippen LogP contribution in [0, 0.1) is 5.82 Å². The SMILES string of the molecule is CC1CN(CC(=O)O)c2ccc(F)cc2S1(=O)=O. The van der Waals surface area contributed by atoms with E-state index < -0.39 is 26.9 Å². The summed E-state index contributed by atoms with van der Waals surface area (Å²) in [4.78, 5) is 12.0. The minimum atomic E-state index is -3.59. The minimum Gasteiger partial charge on any atom is -0.480 e. The van der Waals surface area contributed by atoms with E-state index in [9.17, 15) is 17.6 Å². The third-order valence-corrected chi connectivity index (χ3v) is 5.05. The summed E-state index contributed by atoms with van der Waals surface area (Å²) in [5.41, 5.74) is 0.247. The quantitative estimate of drug-likeness (QED) is 0.866. The van der Waals surface area contributed by atoms with E-state index in [1.807, 2.05) is 0 Å². The van der Waals surface area contributed by atoms with Crippen molar-refractivity contribution in [3.05, 3.63) is 24.0 Å². The lowest BCUT2D eigenvalue weighted by Crippen LogP contribution is -2.43. The fourth-order valence-corrected chi connectivity index (χ4v) is 3.59. The zero-order valence-electron chi connectivity index (χ0n) is 9.63. The van der Waals surface area contributed by atoms with Crippen LogP contribution in [0.25, 0.3) is 0 Å². The van der Waals surface area contributed by atoms with Crippen LogP contribution in [0.2, 0.25) is 0 Å². The average molecular weight is 273 g/mol. The molecular formula is C11H12FNO4S. The highest BCUT2D eigenvalue weighted by atomic mass is 32.2. The van der Waals surface area contributed by atoms with Crippen molar-refractivity contribution in [2.45, 2.75) is 17.1 Å². The lowest BCUT2D eigenvalue weighted by molar-refractivity contribution is -0.135. The minimum absolute atomic E-state index is 0.0905. The van der Waals surface area contributed by atoms with Crippen molar-refractivity contribution in [3.63, 3.8) is 0 Å². The first-order valence-corrected chi connectivity index (χ1v) is 6.87. The largest absolute Gasteiger partial charge is 0.480 e. The molecule has 1 aliphatic heterocycles. The number of fused-ring (bicyclic) bond motifs is 1. The second-order valence-corrected chi connectivity index (χ2v) is 6.58. The van der Waals surface area contributed by atoms with Crippen LogP contribution >= 0.6 is 0 Å². The van der Waals surface area contributed by atoms with E-state index in [4.69, 9.17) is 5.11 Å². The Balaban J connectivity index is 2.58. The van der Waals surface area contributed by atoms with Crippen LogP contribution in [0.15, 0.2) is 23.1 Å². The number of hydrogen-bond acceptors (Lipinski definition) is 4. The molecule has 0 saturated heterocycles. The summed E-state index contributed by atoms with van der Waals surface area (Å²) in [5.74, 6) is -1.71. The highest BCUT2D eigenvalue weighted by molar-refractivity contribution is 7.92. The number of halogens is 1. The van der Waals surface area contributed by atoms with Gasteiger partial charge in [0.15, 0.2) is 9.84 Å². The maximum Gasteiger partial charge on any atom is 0.323 e. The van der Waals surface area contributed by atoms with E-state index in [1.54, 1.807) is 0 Å². The Hall–Kier alpha value is -1.63. The monoisotopic (exact) mass is 273 g/mol. The highest BCUT2D eigenvalue weighted by Gasteiger charge is 2.35. The molecular weight excluding hydrogens is 261 g/mol. The van der Waals surface area contributed by atoms with E-state index >= 15 is 0 Å². The van der Waals surface area contributed by atoms with Crippen LogP contribution in [0.4, 0.5) is 10.1 Å². The molecule has 7 heteroatoms. The second kappa shape index (κ2) is 4.24. The Labute approximate surface area is 104 Å². The van der Waals surface area contributed by atoms with Crippen LogP contribution in [-0.2, 0) is 14.6 Å². The molecule has 0 aliphatic carbocycles. The first-order chi connectivity index (χ1) is 8.32. The van der Waals surface area contributed by atoms with E-state index in [0.717, 1.165) is 12.1 Å². The maximum atomic E-state index is 13.2. The van der Waals surface area contributed by atoms with Crippen LogP contribution < -0.4 is 4.90 Å². The molecule has 18 heavy (non-hydrogen) atoms. The summed E-state index contributed by atoms with van der Waals surface area (Å²) in [6, 6.07) is 3.37. The Bertz CT molecular complexity index is 599. The smallest absolute Gasteiger partial charge is 0.323 e. The molecule has 1 atom stereocenters. The molecule has 0 amide bonds. The van der Waals surface area contributed by atoms with Crippen molar-refractivity contribution in [3.8, 4) is 0 Å². The van der Waals surface area contributed by atoms with E-state index in [-0.39, 0.29) is 23.7 Å². The van der Waals surface area contributed by atoms with Gasteiger partial charge in [-0.2, -0.15) is 0 Å². The van der Waals surface area contributed by atoms with Gasteiger partial charge in [0.1, 0.15) is 12.4 Å². The third-order valence-electron chi connectivity index (χ3n) is 2.90. The molecule has 1 aliphatic rings. The molecule has 1 heterocycles. The number of sulfone groups is 1. The molecule has 1 N–H and O–H groups in total. The Morgan fingerprint density at radius 2 is 2.22 bits per heavy atom. The lowest BCUT2D eigenvalue weighted by atomic mass is 10.2. The van der Waals surface area contributed by atoms with Crippen molar-refractivity contribution in [1.82, 2.24) is 0 Å². The van der Waals surface area contributed by atoms with Gasteiger partial charge in [-0.05, 0) is 25.1 Å². The van der Waals surface area contributed by atoms with Crippen LogP contribution in [0.1, 0.15) is 6.92 Å². The normalized spacial score (nSPS) is 21.4. The van der Waals surface area contributed by atoms with Crippen molar-refractivity contribution in [2.75, 3.05) is 18.0 Å². The number of carboxylic acids is 1. The van der Waals surface area contributed by atoms with Gasteiger partial charge < -0.3 is 10.0 Å². The number of aliphatic carboxylic acids is 1. The topological polar surface area (TPSA) is 74.7 Å². The predicted molar refractivity (Wildman–Crippen MR) is 62.9 cm³/mol. The molecule has 0 bridgehead atoms. The molecule has 98 valence electrons. The molecule has 2 rings (SSSR count). The van der Waals surface area contributed by atoms with Crippen molar-refractivity contribution < 1.29 is 22.7 Å². The zero-order chi connectivity index (χ0) is 13.5. The summed E-state index contributed by atoms with van der Waals surface area (Å²) in [6.45, 7) is 1.27. The molecule has 1 aromatic rings. The van der Waals surface area contributed by atoms with Crippen molar-refractivity contribution in [1.29, 1.82) is 0 Å². The summed E-state index contributed by atoms with van der Waals surface area (Å²) >= 11 is 0. The number of rotatable bonds is 2. The summed E-state index contributed by atoms with van der Waals surface area (Å²) < 4.78 is 37.2. The van der Waals surface area contributed by atoms with Gasteiger partial charge in [0.25, 0.3) is 0 Å². The fraction of sp³-hybridized carbons (Fsp3) is 0.364. The van der Waals surface area contributed by atoms with Crippen LogP contribution in [0.5, 0.6) is 0 Å². The van der Waals surface area contributed by atoms with Gasteiger partial charge in [-0.1, -0.05) is 0 Å². The third kappa shape index (κ3) is 2.05. The van der Waals surface area contributed by atoms with Crippen LogP contribution in [0.3, 0.4) is 0 Å². The highest BCUT2D eigenvalue weighted by Crippen LogP contribution is 2.33. The van der Waals surface area contributed by atoms with Gasteiger partial charge in [-0.25, -0.2) is 12.8 Å². The Kier molecular flexibility index (Phi) is 3.02. The first kappa shape index (κ1) is 12.8. The molecule has 0 fully saturated rings. The number of benzene rings is 1. The molecule has 0 spiro atoms. The molecule has 1 aromatic carbocycles. The van der Waals surface area contributed by atoms with Gasteiger partial charge >= 0.3 is 5.97 Å². The Morgan fingerprint density at radius 1 is 1.56 bits per heavy atom. The Morgan fingerprint density at radius 3 is 2.83 bits per heavy atom. The van der Waals surface area contributed by atoms with Gasteiger partial charge in [-0.15, -0.1) is 0 Å². The molecule has 0 aromatic heterocycles.